The summed E-state index contributed by atoms with van der Waals surface area (Å²) < 4.78 is 5.96. The first-order chi connectivity index (χ1) is 18.8. The van der Waals surface area contributed by atoms with E-state index in [1.807, 2.05) is 43.3 Å². The molecule has 0 spiro atoms. The Hall–Kier alpha value is -4.13. The second kappa shape index (κ2) is 11.3. The molecule has 1 aromatic heterocycles. The lowest BCUT2D eigenvalue weighted by molar-refractivity contribution is -0.140. The number of benzene rings is 3. The second-order valence-corrected chi connectivity index (χ2v) is 10.1. The first kappa shape index (κ1) is 26.5. The van der Waals surface area contributed by atoms with E-state index in [2.05, 4.69) is 4.98 Å². The van der Waals surface area contributed by atoms with Gasteiger partial charge in [0.15, 0.2) is 0 Å². The Bertz CT molecular complexity index is 1570. The normalized spacial score (nSPS) is 16.5. The highest BCUT2D eigenvalue weighted by atomic mass is 35.5. The van der Waals surface area contributed by atoms with Gasteiger partial charge in [-0.25, -0.2) is 0 Å². The maximum absolute atomic E-state index is 13.4. The van der Waals surface area contributed by atoms with Crippen molar-refractivity contribution in [3.05, 3.63) is 135 Å². The fourth-order valence-corrected chi connectivity index (χ4v) is 5.14. The number of pyridine rings is 1. The maximum Gasteiger partial charge on any atom is 0.295 e. The number of ether oxygens (including phenoxy) is 1. The average molecular weight is 559 g/mol. The average Bonchev–Trinajstić information content (AvgIpc) is 3.18. The summed E-state index contributed by atoms with van der Waals surface area (Å²) in [5.74, 6) is -1.19. The van der Waals surface area contributed by atoms with E-state index in [-0.39, 0.29) is 22.9 Å². The number of halogens is 2. The number of aromatic nitrogens is 1. The molecule has 39 heavy (non-hydrogen) atoms. The van der Waals surface area contributed by atoms with Gasteiger partial charge in [0.1, 0.15) is 18.1 Å². The van der Waals surface area contributed by atoms with Gasteiger partial charge in [0.25, 0.3) is 11.7 Å². The number of hydrogen-bond donors (Lipinski definition) is 1. The molecular weight excluding hydrogens is 535 g/mol. The number of hydrogen-bond acceptors (Lipinski definition) is 5. The van der Waals surface area contributed by atoms with Crippen molar-refractivity contribution in [1.29, 1.82) is 0 Å². The zero-order valence-corrected chi connectivity index (χ0v) is 22.5. The van der Waals surface area contributed by atoms with Gasteiger partial charge in [-0.05, 0) is 65.6 Å². The highest BCUT2D eigenvalue weighted by Gasteiger charge is 2.46. The molecule has 6 nitrogen and oxygen atoms in total. The summed E-state index contributed by atoms with van der Waals surface area (Å²) in [5.41, 5.74) is 3.33. The molecule has 1 atom stereocenters. The quantitative estimate of drug-likeness (QED) is 0.151. The second-order valence-electron chi connectivity index (χ2n) is 9.21. The van der Waals surface area contributed by atoms with Crippen molar-refractivity contribution in [2.24, 2.45) is 0 Å². The van der Waals surface area contributed by atoms with Crippen LogP contribution in [0.15, 0.2) is 96.8 Å². The van der Waals surface area contributed by atoms with Crippen molar-refractivity contribution >= 4 is 40.7 Å². The van der Waals surface area contributed by atoms with Crippen molar-refractivity contribution in [2.75, 3.05) is 0 Å². The van der Waals surface area contributed by atoms with Gasteiger partial charge < -0.3 is 14.7 Å². The molecule has 1 amide bonds. The monoisotopic (exact) mass is 558 g/mol. The summed E-state index contributed by atoms with van der Waals surface area (Å²) in [6.45, 7) is 2.34. The molecule has 1 N–H and O–H groups in total. The van der Waals surface area contributed by atoms with Crippen LogP contribution in [-0.4, -0.2) is 26.7 Å². The van der Waals surface area contributed by atoms with E-state index in [9.17, 15) is 14.7 Å². The number of rotatable bonds is 7. The van der Waals surface area contributed by atoms with Crippen LogP contribution in [0.25, 0.3) is 5.76 Å². The number of aryl methyl sites for hydroxylation is 1. The zero-order valence-electron chi connectivity index (χ0n) is 21.0. The number of nitrogens with zero attached hydrogens (tertiary/aromatic N) is 2. The van der Waals surface area contributed by atoms with Crippen LogP contribution in [0.4, 0.5) is 0 Å². The lowest BCUT2D eigenvalue weighted by Gasteiger charge is -2.26. The SMILES string of the molecule is Cc1cc(C(O)=C2C(=O)C(=O)N(Cc3cccnc3)[C@H]2c2ccc(Cl)cc2Cl)ccc1OCc1ccccc1. The van der Waals surface area contributed by atoms with Crippen molar-refractivity contribution in [1.82, 2.24) is 9.88 Å². The Labute approximate surface area is 236 Å². The molecule has 0 aliphatic carbocycles. The highest BCUT2D eigenvalue weighted by molar-refractivity contribution is 6.47. The lowest BCUT2D eigenvalue weighted by Crippen LogP contribution is -2.29. The number of aliphatic hydroxyl groups is 1. The number of carbonyl (C=O) groups is 2. The molecule has 1 fully saturated rings. The molecule has 5 rings (SSSR count). The van der Waals surface area contributed by atoms with Crippen LogP contribution >= 0.6 is 23.2 Å². The minimum Gasteiger partial charge on any atom is -0.507 e. The first-order valence-corrected chi connectivity index (χ1v) is 13.0. The van der Waals surface area contributed by atoms with Crippen LogP contribution in [-0.2, 0) is 22.7 Å². The van der Waals surface area contributed by atoms with E-state index in [0.29, 0.717) is 28.5 Å². The zero-order chi connectivity index (χ0) is 27.5. The molecule has 3 aromatic carbocycles. The molecule has 1 aliphatic rings. The van der Waals surface area contributed by atoms with E-state index in [1.54, 1.807) is 54.9 Å². The van der Waals surface area contributed by atoms with Crippen molar-refractivity contribution in [3.63, 3.8) is 0 Å². The highest BCUT2D eigenvalue weighted by Crippen LogP contribution is 2.43. The van der Waals surface area contributed by atoms with E-state index >= 15 is 0 Å². The number of likely N-dealkylation sites (tertiary alicyclic amines) is 1. The summed E-state index contributed by atoms with van der Waals surface area (Å²) in [6, 6.07) is 22.4. The topological polar surface area (TPSA) is 79.7 Å². The summed E-state index contributed by atoms with van der Waals surface area (Å²) in [7, 11) is 0. The minimum absolute atomic E-state index is 0.0505. The van der Waals surface area contributed by atoms with Gasteiger partial charge >= 0.3 is 0 Å². The molecule has 0 radical (unpaired) electrons. The fourth-order valence-electron chi connectivity index (χ4n) is 4.63. The molecule has 1 saturated heterocycles. The third-order valence-electron chi connectivity index (χ3n) is 6.56. The van der Waals surface area contributed by atoms with Gasteiger partial charge in [-0.1, -0.05) is 65.7 Å². The number of ketones is 1. The fraction of sp³-hybridized carbons (Fsp3) is 0.129. The van der Waals surface area contributed by atoms with Gasteiger partial charge in [0, 0.05) is 34.5 Å². The predicted octanol–water partition coefficient (Wildman–Crippen LogP) is 6.90. The smallest absolute Gasteiger partial charge is 0.295 e. The first-order valence-electron chi connectivity index (χ1n) is 12.2. The predicted molar refractivity (Wildman–Crippen MR) is 150 cm³/mol. The third kappa shape index (κ3) is 5.53. The van der Waals surface area contributed by atoms with E-state index in [4.69, 9.17) is 27.9 Å². The Morgan fingerprint density at radius 3 is 2.44 bits per heavy atom. The number of amides is 1. The van der Waals surface area contributed by atoms with Crippen LogP contribution in [0.3, 0.4) is 0 Å². The molecule has 0 unspecified atom stereocenters. The minimum atomic E-state index is -0.927. The molecule has 196 valence electrons. The molecule has 1 aliphatic heterocycles. The number of carbonyl (C=O) groups excluding carboxylic acids is 2. The van der Waals surface area contributed by atoms with Gasteiger partial charge in [0.2, 0.25) is 0 Å². The van der Waals surface area contributed by atoms with Crippen LogP contribution in [0.1, 0.15) is 33.9 Å². The van der Waals surface area contributed by atoms with Crippen LogP contribution in [0.5, 0.6) is 5.75 Å². The molecule has 0 saturated carbocycles. The molecule has 8 heteroatoms. The summed E-state index contributed by atoms with van der Waals surface area (Å²) in [5, 5.41) is 12.1. The standard InChI is InChI=1S/C31H24Cl2N2O4/c1-19-14-22(9-12-26(19)39-18-20-6-3-2-4-7-20)29(36)27-28(24-11-10-23(32)15-25(24)33)35(31(38)30(27)37)17-21-8-5-13-34-16-21/h2-16,28,36H,17-18H2,1H3/t28-/m0/s1. The van der Waals surface area contributed by atoms with E-state index in [0.717, 1.165) is 16.7 Å². The van der Waals surface area contributed by atoms with Gasteiger partial charge in [0.05, 0.1) is 11.6 Å². The summed E-state index contributed by atoms with van der Waals surface area (Å²) >= 11 is 12.7. The van der Waals surface area contributed by atoms with Crippen LogP contribution < -0.4 is 4.74 Å². The maximum atomic E-state index is 13.4. The lowest BCUT2D eigenvalue weighted by atomic mass is 9.94. The number of aliphatic hydroxyl groups excluding tert-OH is 1. The van der Waals surface area contributed by atoms with Crippen LogP contribution in [0, 0.1) is 6.92 Å². The summed E-state index contributed by atoms with van der Waals surface area (Å²) in [4.78, 5) is 32.2. The van der Waals surface area contributed by atoms with Crippen molar-refractivity contribution in [2.45, 2.75) is 26.1 Å². The summed E-state index contributed by atoms with van der Waals surface area (Å²) in [6.07, 6.45) is 3.25. The van der Waals surface area contributed by atoms with E-state index < -0.39 is 17.7 Å². The number of Topliss-reactive ketones (excluding diaryl/α,β-unsaturated/α-hetero) is 1. The van der Waals surface area contributed by atoms with Crippen LogP contribution in [0.2, 0.25) is 10.0 Å². The molecule has 0 bridgehead atoms. The third-order valence-corrected chi connectivity index (χ3v) is 7.12. The van der Waals surface area contributed by atoms with Gasteiger partial charge in [-0.2, -0.15) is 0 Å². The Kier molecular flexibility index (Phi) is 7.68. The Morgan fingerprint density at radius 2 is 1.74 bits per heavy atom. The largest absolute Gasteiger partial charge is 0.507 e. The molecule has 2 heterocycles. The van der Waals surface area contributed by atoms with Gasteiger partial charge in [-0.15, -0.1) is 0 Å². The molecule has 4 aromatic rings. The van der Waals surface area contributed by atoms with Crippen molar-refractivity contribution in [3.8, 4) is 5.75 Å². The Balaban J connectivity index is 1.54. The van der Waals surface area contributed by atoms with Crippen molar-refractivity contribution < 1.29 is 19.4 Å². The molecular formula is C31H24Cl2N2O4. The van der Waals surface area contributed by atoms with Gasteiger partial charge in [-0.3, -0.25) is 14.6 Å². The Morgan fingerprint density at radius 1 is 0.974 bits per heavy atom. The van der Waals surface area contributed by atoms with E-state index in [1.165, 1.54) is 4.90 Å².